The fraction of sp³-hybridized carbons (Fsp3) is 0.438. The van der Waals surface area contributed by atoms with Crippen LogP contribution in [0.3, 0.4) is 0 Å². The summed E-state index contributed by atoms with van der Waals surface area (Å²) >= 11 is 7.64. The van der Waals surface area contributed by atoms with Gasteiger partial charge in [-0.1, -0.05) is 11.6 Å². The van der Waals surface area contributed by atoms with E-state index < -0.39 is 24.2 Å². The predicted octanol–water partition coefficient (Wildman–Crippen LogP) is 5.75. The van der Waals surface area contributed by atoms with Gasteiger partial charge >= 0.3 is 12.3 Å². The van der Waals surface area contributed by atoms with Gasteiger partial charge in [0.2, 0.25) is 0 Å². The molecule has 6 rings (SSSR count). The number of nitrogens with zero attached hydrogens (tertiary/aromatic N) is 4. The number of aryl methyl sites for hydroxylation is 3. The number of aliphatic hydroxyl groups is 1. The second-order valence-corrected chi connectivity index (χ2v) is 13.2. The first-order valence-electron chi connectivity index (χ1n) is 15.1. The molecule has 0 unspecified atom stereocenters. The Hall–Kier alpha value is -3.56. The molecule has 0 radical (unpaired) electrons. The lowest BCUT2D eigenvalue weighted by molar-refractivity contribution is -0.347. The van der Waals surface area contributed by atoms with E-state index in [1.54, 1.807) is 42.3 Å². The third-order valence-electron chi connectivity index (χ3n) is 8.78. The number of alkyl halides is 3. The summed E-state index contributed by atoms with van der Waals surface area (Å²) in [6.45, 7) is 4.17. The maximum absolute atomic E-state index is 13.8. The van der Waals surface area contributed by atoms with Gasteiger partial charge in [0.1, 0.15) is 23.9 Å². The van der Waals surface area contributed by atoms with Gasteiger partial charge in [0.15, 0.2) is 0 Å². The molecule has 10 nitrogen and oxygen atoms in total. The van der Waals surface area contributed by atoms with Crippen LogP contribution in [-0.2, 0) is 24.1 Å². The molecule has 4 heterocycles. The Balaban J connectivity index is 1.20. The summed E-state index contributed by atoms with van der Waals surface area (Å²) in [7, 11) is 0. The number of hydrogen-bond acceptors (Lipinski definition) is 9. The van der Waals surface area contributed by atoms with E-state index in [4.69, 9.17) is 16.3 Å². The molecule has 1 aliphatic heterocycles. The zero-order chi connectivity index (χ0) is 33.7. The molecule has 1 aliphatic carbocycles. The monoisotopic (exact) mass is 692 g/mol. The van der Waals surface area contributed by atoms with Crippen LogP contribution in [0.5, 0.6) is 5.75 Å². The lowest BCUT2D eigenvalue weighted by Crippen LogP contribution is -2.57. The van der Waals surface area contributed by atoms with E-state index in [1.165, 1.54) is 15.9 Å². The van der Waals surface area contributed by atoms with Crippen molar-refractivity contribution in [2.24, 2.45) is 0 Å². The Morgan fingerprint density at radius 1 is 1.17 bits per heavy atom. The summed E-state index contributed by atoms with van der Waals surface area (Å²) in [4.78, 5) is 36.4. The molecule has 47 heavy (non-hydrogen) atoms. The number of likely N-dealkylation sites (tertiary alicyclic amines) is 1. The number of carboxylic acids is 1. The van der Waals surface area contributed by atoms with Crippen molar-refractivity contribution in [1.82, 2.24) is 19.4 Å². The average Bonchev–Trinajstić information content (AvgIpc) is 3.43. The van der Waals surface area contributed by atoms with Crippen LogP contribution in [0.15, 0.2) is 34.4 Å². The van der Waals surface area contributed by atoms with E-state index in [-0.39, 0.29) is 56.6 Å². The van der Waals surface area contributed by atoms with Crippen molar-refractivity contribution in [1.29, 1.82) is 0 Å². The van der Waals surface area contributed by atoms with Gasteiger partial charge < -0.3 is 14.9 Å². The lowest BCUT2D eigenvalue weighted by atomic mass is 9.86. The summed E-state index contributed by atoms with van der Waals surface area (Å²) in [6.07, 6.45) is -4.75. The van der Waals surface area contributed by atoms with E-state index in [2.05, 4.69) is 14.7 Å². The van der Waals surface area contributed by atoms with Gasteiger partial charge in [-0.3, -0.25) is 24.0 Å². The summed E-state index contributed by atoms with van der Waals surface area (Å²) in [5.41, 5.74) is 1.80. The van der Waals surface area contributed by atoms with Gasteiger partial charge in [-0.25, -0.2) is 9.78 Å². The van der Waals surface area contributed by atoms with E-state index >= 15 is 0 Å². The van der Waals surface area contributed by atoms with Gasteiger partial charge in [-0.05, 0) is 63.8 Å². The zero-order valence-electron chi connectivity index (χ0n) is 25.6. The van der Waals surface area contributed by atoms with Crippen LogP contribution < -0.4 is 10.3 Å². The summed E-state index contributed by atoms with van der Waals surface area (Å²) in [5.74, 6) is -0.0909. The molecular weight excluding hydrogens is 661 g/mol. The highest BCUT2D eigenvalue weighted by Crippen LogP contribution is 2.40. The highest BCUT2D eigenvalue weighted by atomic mass is 35.5. The predicted molar refractivity (Wildman–Crippen MR) is 169 cm³/mol. The normalized spacial score (nSPS) is 19.2. The van der Waals surface area contributed by atoms with Crippen molar-refractivity contribution in [3.63, 3.8) is 0 Å². The first-order valence-corrected chi connectivity index (χ1v) is 16.3. The molecular formula is C32H32ClF3N4O6S. The first-order chi connectivity index (χ1) is 22.2. The fourth-order valence-electron chi connectivity index (χ4n) is 6.52. The van der Waals surface area contributed by atoms with Crippen LogP contribution >= 0.6 is 22.9 Å². The SMILES string of the molecule is Cc1cc(-c2cc(Cl)ccc2OCCn2c(C)nc3c(c2=O)C[C@](O)(N2CCC(OC(F)(F)F)CC2)CC3)c2scc(C(=O)O)c2n1. The van der Waals surface area contributed by atoms with E-state index in [0.717, 1.165) is 5.56 Å². The number of pyridine rings is 1. The van der Waals surface area contributed by atoms with Gasteiger partial charge in [0, 0.05) is 52.3 Å². The van der Waals surface area contributed by atoms with Crippen LogP contribution in [-0.4, -0.2) is 73.5 Å². The minimum absolute atomic E-state index is 0.0119. The number of halogens is 4. The number of aromatic nitrogens is 3. The smallest absolute Gasteiger partial charge is 0.491 e. The minimum Gasteiger partial charge on any atom is -0.491 e. The molecule has 0 bridgehead atoms. The van der Waals surface area contributed by atoms with E-state index in [1.807, 2.05) is 6.07 Å². The van der Waals surface area contributed by atoms with E-state index in [0.29, 0.717) is 62.2 Å². The van der Waals surface area contributed by atoms with Gasteiger partial charge in [0.25, 0.3) is 5.56 Å². The topological polar surface area (TPSA) is 127 Å². The molecule has 3 aromatic heterocycles. The fourth-order valence-corrected chi connectivity index (χ4v) is 7.70. The molecule has 1 atom stereocenters. The molecule has 250 valence electrons. The molecule has 15 heteroatoms. The number of carbonyl (C=O) groups is 1. The van der Waals surface area contributed by atoms with Crippen molar-refractivity contribution in [2.45, 2.75) is 70.7 Å². The highest BCUT2D eigenvalue weighted by Gasteiger charge is 2.43. The Kier molecular flexibility index (Phi) is 9.09. The van der Waals surface area contributed by atoms with Crippen molar-refractivity contribution < 1.29 is 37.7 Å². The van der Waals surface area contributed by atoms with Crippen LogP contribution in [0, 0.1) is 13.8 Å². The number of benzene rings is 1. The Morgan fingerprint density at radius 2 is 1.91 bits per heavy atom. The molecule has 0 amide bonds. The Labute approximate surface area is 276 Å². The van der Waals surface area contributed by atoms with Crippen molar-refractivity contribution in [3.05, 3.63) is 73.4 Å². The summed E-state index contributed by atoms with van der Waals surface area (Å²) in [5, 5.41) is 23.2. The number of fused-ring (bicyclic) bond motifs is 2. The van der Waals surface area contributed by atoms with Crippen molar-refractivity contribution in [2.75, 3.05) is 19.7 Å². The molecule has 2 N–H and O–H groups in total. The van der Waals surface area contributed by atoms with Crippen LogP contribution in [0.4, 0.5) is 13.2 Å². The molecule has 1 fully saturated rings. The largest absolute Gasteiger partial charge is 0.522 e. The summed E-state index contributed by atoms with van der Waals surface area (Å²) in [6, 6.07) is 6.98. The van der Waals surface area contributed by atoms with Gasteiger partial charge in [0.05, 0.1) is 34.1 Å². The third-order valence-corrected chi connectivity index (χ3v) is 10.0. The maximum atomic E-state index is 13.8. The van der Waals surface area contributed by atoms with Gasteiger partial charge in [-0.15, -0.1) is 24.5 Å². The number of aromatic carboxylic acids is 1. The molecule has 4 aromatic rings. The second kappa shape index (κ2) is 12.8. The van der Waals surface area contributed by atoms with Crippen LogP contribution in [0.25, 0.3) is 21.3 Å². The zero-order valence-corrected chi connectivity index (χ0v) is 27.1. The maximum Gasteiger partial charge on any atom is 0.522 e. The van der Waals surface area contributed by atoms with Crippen LogP contribution in [0.2, 0.25) is 5.02 Å². The molecule has 1 saturated heterocycles. The number of piperidine rings is 1. The molecule has 2 aliphatic rings. The lowest BCUT2D eigenvalue weighted by Gasteiger charge is -2.45. The molecule has 0 spiro atoms. The van der Waals surface area contributed by atoms with Crippen molar-refractivity contribution in [3.8, 4) is 16.9 Å². The Bertz CT molecular complexity index is 1910. The highest BCUT2D eigenvalue weighted by molar-refractivity contribution is 7.18. The minimum atomic E-state index is -4.71. The van der Waals surface area contributed by atoms with Gasteiger partial charge in [-0.2, -0.15) is 0 Å². The van der Waals surface area contributed by atoms with Crippen molar-refractivity contribution >= 4 is 39.1 Å². The quantitative estimate of drug-likeness (QED) is 0.238. The number of ether oxygens (including phenoxy) is 2. The molecule has 1 aromatic carbocycles. The standard InChI is InChI=1S/C32H32ClF3N4O6S/c1-17-13-22(28-27(37-17)24(16-47-28)30(42)43)21-14-19(33)3-4-26(21)45-12-11-40-18(2)38-25-5-8-31(44,15-23(25)29(40)41)39-9-6-20(7-10-39)46-32(34,35)36/h3-4,13-14,16,20,44H,5-12,15H2,1-2H3,(H,42,43)/t31-/m0/s1. The number of hydrogen-bond donors (Lipinski definition) is 2. The average molecular weight is 693 g/mol. The number of rotatable bonds is 8. The molecule has 0 saturated carbocycles. The van der Waals surface area contributed by atoms with E-state index in [9.17, 15) is 33.0 Å². The second-order valence-electron chi connectivity index (χ2n) is 11.9. The third kappa shape index (κ3) is 6.88. The Morgan fingerprint density at radius 3 is 2.62 bits per heavy atom. The number of carboxylic acid groups (broad SMARTS) is 1. The number of thiophene rings is 1. The summed E-state index contributed by atoms with van der Waals surface area (Å²) < 4.78 is 50.6. The van der Waals surface area contributed by atoms with Crippen LogP contribution in [0.1, 0.15) is 52.4 Å². The first kappa shape index (κ1) is 33.3.